The molecule has 1 atom stereocenters. The van der Waals surface area contributed by atoms with Gasteiger partial charge in [-0.1, -0.05) is 35.7 Å². The normalized spacial score (nSPS) is 22.2. The maximum absolute atomic E-state index is 12.5. The highest BCUT2D eigenvalue weighted by Gasteiger charge is 2.40. The average Bonchev–Trinajstić information content (AvgIpc) is 2.99. The van der Waals surface area contributed by atoms with Gasteiger partial charge in [0.15, 0.2) is 5.17 Å². The van der Waals surface area contributed by atoms with Crippen LogP contribution in [-0.4, -0.2) is 21.0 Å². The van der Waals surface area contributed by atoms with E-state index >= 15 is 0 Å². The van der Waals surface area contributed by atoms with E-state index in [1.54, 1.807) is 23.9 Å². The summed E-state index contributed by atoms with van der Waals surface area (Å²) in [5.41, 5.74) is 2.24. The number of carbonyl (C=O) groups excluding carboxylic acids is 1. The number of amidine groups is 1. The molecule has 4 rings (SSSR count). The molecule has 25 heavy (non-hydrogen) atoms. The van der Waals surface area contributed by atoms with E-state index in [4.69, 9.17) is 0 Å². The summed E-state index contributed by atoms with van der Waals surface area (Å²) in [4.78, 5) is 32.8. The van der Waals surface area contributed by atoms with Crippen LogP contribution >= 0.6 is 23.5 Å². The van der Waals surface area contributed by atoms with Gasteiger partial charge in [-0.25, -0.2) is 4.99 Å². The number of carbonyl (C=O) groups is 1. The quantitative estimate of drug-likeness (QED) is 0.582. The van der Waals surface area contributed by atoms with Gasteiger partial charge in [-0.15, -0.1) is 0 Å². The first-order valence-corrected chi connectivity index (χ1v) is 9.89. The van der Waals surface area contributed by atoms with Crippen LogP contribution < -0.4 is 0 Å². The molecule has 1 aromatic carbocycles. The lowest BCUT2D eigenvalue weighted by Gasteiger charge is -2.18. The molecule has 8 heteroatoms. The minimum atomic E-state index is -0.418. The molecule has 3 aliphatic rings. The van der Waals surface area contributed by atoms with Crippen LogP contribution in [0.5, 0.6) is 0 Å². The largest absolute Gasteiger partial charge is 0.271 e. The van der Waals surface area contributed by atoms with Crippen LogP contribution in [-0.2, 0) is 10.5 Å². The van der Waals surface area contributed by atoms with E-state index in [0.717, 1.165) is 29.9 Å². The summed E-state index contributed by atoms with van der Waals surface area (Å²) in [6.07, 6.45) is 4.36. The minimum absolute atomic E-state index is 0.0704. The van der Waals surface area contributed by atoms with Gasteiger partial charge in [0.05, 0.1) is 9.97 Å². The Balaban J connectivity index is 1.45. The number of nitrogens with zero attached hydrogens (tertiary/aromatic N) is 3. The zero-order valence-electron chi connectivity index (χ0n) is 13.3. The molecular weight excluding hydrogens is 358 g/mol. The van der Waals surface area contributed by atoms with Crippen LogP contribution in [0.15, 0.2) is 44.7 Å². The highest BCUT2D eigenvalue weighted by molar-refractivity contribution is 8.18. The van der Waals surface area contributed by atoms with Gasteiger partial charge in [-0.05, 0) is 41.7 Å². The summed E-state index contributed by atoms with van der Waals surface area (Å²) < 4.78 is 0. The molecule has 2 aliphatic heterocycles. The molecule has 0 spiro atoms. The number of fused-ring (bicyclic) bond motifs is 2. The zero-order valence-corrected chi connectivity index (χ0v) is 14.9. The monoisotopic (exact) mass is 373 g/mol. The fourth-order valence-electron chi connectivity index (χ4n) is 3.20. The van der Waals surface area contributed by atoms with Crippen molar-refractivity contribution in [3.63, 3.8) is 0 Å². The molecule has 1 amide bonds. The van der Waals surface area contributed by atoms with E-state index in [2.05, 4.69) is 9.98 Å². The van der Waals surface area contributed by atoms with Gasteiger partial charge in [-0.3, -0.25) is 14.9 Å². The Morgan fingerprint density at radius 1 is 1.20 bits per heavy atom. The van der Waals surface area contributed by atoms with E-state index in [1.807, 2.05) is 0 Å². The maximum atomic E-state index is 12.5. The van der Waals surface area contributed by atoms with Crippen molar-refractivity contribution in [1.29, 1.82) is 0 Å². The first kappa shape index (κ1) is 16.5. The molecule has 0 aromatic heterocycles. The van der Waals surface area contributed by atoms with Crippen LogP contribution in [0.1, 0.15) is 31.2 Å². The molecule has 1 unspecified atom stereocenters. The average molecular weight is 373 g/mol. The lowest BCUT2D eigenvalue weighted by atomic mass is 9.89. The van der Waals surface area contributed by atoms with Gasteiger partial charge < -0.3 is 0 Å². The molecule has 0 fully saturated rings. The van der Waals surface area contributed by atoms with Crippen molar-refractivity contribution in [2.75, 3.05) is 0 Å². The Morgan fingerprint density at radius 2 is 1.96 bits per heavy atom. The van der Waals surface area contributed by atoms with Gasteiger partial charge in [0.25, 0.3) is 11.6 Å². The second-order valence-corrected chi connectivity index (χ2v) is 8.14. The number of amides is 1. The van der Waals surface area contributed by atoms with Gasteiger partial charge in [0, 0.05) is 17.9 Å². The van der Waals surface area contributed by atoms with Crippen LogP contribution in [0.4, 0.5) is 5.69 Å². The maximum Gasteiger partial charge on any atom is 0.269 e. The first-order valence-electron chi connectivity index (χ1n) is 8.09. The van der Waals surface area contributed by atoms with Crippen molar-refractivity contribution in [3.05, 3.63) is 50.4 Å². The highest BCUT2D eigenvalue weighted by Crippen LogP contribution is 2.47. The molecule has 0 saturated heterocycles. The molecule has 0 radical (unpaired) electrons. The standard InChI is InChI=1S/C17H15N3O3S2/c21-15-14-12-3-1-2-4-13(12)25-16(14)19-17(18-15)24-9-10-5-7-11(8-6-10)20(22)23/h5-8,14H,1-4,9H2. The van der Waals surface area contributed by atoms with E-state index in [0.29, 0.717) is 10.9 Å². The Bertz CT molecular complexity index is 843. The number of non-ortho nitro benzene ring substituents is 1. The van der Waals surface area contributed by atoms with E-state index in [9.17, 15) is 14.9 Å². The number of nitro groups is 1. The molecule has 0 bridgehead atoms. The van der Waals surface area contributed by atoms with Crippen LogP contribution in [0.3, 0.4) is 0 Å². The minimum Gasteiger partial charge on any atom is -0.271 e. The van der Waals surface area contributed by atoms with Crippen LogP contribution in [0.2, 0.25) is 0 Å². The molecule has 6 nitrogen and oxygen atoms in total. The smallest absolute Gasteiger partial charge is 0.269 e. The second kappa shape index (κ2) is 6.76. The van der Waals surface area contributed by atoms with Crippen molar-refractivity contribution < 1.29 is 9.72 Å². The molecule has 2 heterocycles. The number of allylic oxidation sites excluding steroid dienone is 1. The topological polar surface area (TPSA) is 84.9 Å². The van der Waals surface area contributed by atoms with Gasteiger partial charge in [-0.2, -0.15) is 4.99 Å². The Hall–Kier alpha value is -1.93. The van der Waals surface area contributed by atoms with E-state index in [-0.39, 0.29) is 17.5 Å². The van der Waals surface area contributed by atoms with Crippen molar-refractivity contribution in [3.8, 4) is 0 Å². The van der Waals surface area contributed by atoms with Crippen molar-refractivity contribution in [1.82, 2.24) is 0 Å². The Labute approximate surface area is 153 Å². The summed E-state index contributed by atoms with van der Waals surface area (Å²) >= 11 is 3.04. The number of nitro benzene ring substituents is 1. The zero-order chi connectivity index (χ0) is 17.4. The summed E-state index contributed by atoms with van der Waals surface area (Å²) in [5, 5.41) is 12.0. The third-order valence-electron chi connectivity index (χ3n) is 4.46. The molecule has 128 valence electrons. The molecule has 0 saturated carbocycles. The fraction of sp³-hybridized carbons (Fsp3) is 0.353. The predicted molar refractivity (Wildman–Crippen MR) is 101 cm³/mol. The number of hydrogen-bond donors (Lipinski definition) is 0. The summed E-state index contributed by atoms with van der Waals surface area (Å²) in [7, 11) is 0. The first-order chi connectivity index (χ1) is 12.1. The lowest BCUT2D eigenvalue weighted by Crippen LogP contribution is -2.25. The molecular formula is C17H15N3O3S2. The van der Waals surface area contributed by atoms with E-state index in [1.165, 1.54) is 40.8 Å². The number of rotatable bonds is 3. The summed E-state index contributed by atoms with van der Waals surface area (Å²) in [6, 6.07) is 6.40. The van der Waals surface area contributed by atoms with Crippen molar-refractivity contribution in [2.24, 2.45) is 15.9 Å². The third kappa shape index (κ3) is 3.28. The number of benzene rings is 1. The van der Waals surface area contributed by atoms with E-state index < -0.39 is 4.92 Å². The van der Waals surface area contributed by atoms with Crippen molar-refractivity contribution >= 4 is 45.3 Å². The molecule has 0 N–H and O–H groups in total. The highest BCUT2D eigenvalue weighted by atomic mass is 32.2. The van der Waals surface area contributed by atoms with Crippen LogP contribution in [0.25, 0.3) is 0 Å². The molecule has 1 aliphatic carbocycles. The summed E-state index contributed by atoms with van der Waals surface area (Å²) in [6.45, 7) is 0. The predicted octanol–water partition coefficient (Wildman–Crippen LogP) is 4.31. The van der Waals surface area contributed by atoms with Gasteiger partial charge in [0.2, 0.25) is 0 Å². The Kier molecular flexibility index (Phi) is 4.47. The number of aliphatic imine (C=N–C) groups is 2. The second-order valence-electron chi connectivity index (χ2n) is 6.09. The van der Waals surface area contributed by atoms with Crippen LogP contribution in [0, 0.1) is 16.0 Å². The number of hydrogen-bond acceptors (Lipinski definition) is 6. The Morgan fingerprint density at radius 3 is 2.72 bits per heavy atom. The molecule has 1 aromatic rings. The fourth-order valence-corrected chi connectivity index (χ4v) is 5.41. The summed E-state index contributed by atoms with van der Waals surface area (Å²) in [5.74, 6) is 0.239. The van der Waals surface area contributed by atoms with Gasteiger partial charge in [0.1, 0.15) is 5.92 Å². The van der Waals surface area contributed by atoms with Gasteiger partial charge >= 0.3 is 0 Å². The third-order valence-corrected chi connectivity index (χ3v) is 6.62. The number of thioether (sulfide) groups is 2. The lowest BCUT2D eigenvalue weighted by molar-refractivity contribution is -0.384. The SMILES string of the molecule is O=C1N=C(SCc2ccc([N+](=O)[O-])cc2)N=C2SC3=C(CCCC3)C12. The van der Waals surface area contributed by atoms with Crippen molar-refractivity contribution in [2.45, 2.75) is 31.4 Å².